The Morgan fingerprint density at radius 1 is 1.09 bits per heavy atom. The van der Waals surface area contributed by atoms with Crippen molar-refractivity contribution in [2.24, 2.45) is 7.05 Å². The van der Waals surface area contributed by atoms with Crippen molar-refractivity contribution in [3.8, 4) is 11.1 Å². The van der Waals surface area contributed by atoms with Gasteiger partial charge in [0.05, 0.1) is 17.8 Å². The van der Waals surface area contributed by atoms with Gasteiger partial charge < -0.3 is 5.32 Å². The molecule has 13 nitrogen and oxygen atoms in total. The number of aromatic nitrogens is 8. The molecule has 5 rings (SSSR count). The largest absolute Gasteiger partial charge is 0.365 e. The molecule has 3 N–H and O–H groups in total. The van der Waals surface area contributed by atoms with Crippen molar-refractivity contribution >= 4 is 32.8 Å². The molecule has 0 unspecified atom stereocenters. The first-order valence-corrected chi connectivity index (χ1v) is 12.0. The molecule has 0 amide bonds. The summed E-state index contributed by atoms with van der Waals surface area (Å²) in [5.74, 6) is 0.830. The number of rotatable bonds is 8. The predicted molar refractivity (Wildman–Crippen MR) is 127 cm³/mol. The van der Waals surface area contributed by atoms with Gasteiger partial charge in [-0.3, -0.25) is 10.1 Å². The third-order valence-electron chi connectivity index (χ3n) is 4.94. The van der Waals surface area contributed by atoms with Crippen molar-refractivity contribution < 1.29 is 8.42 Å². The third-order valence-corrected chi connectivity index (χ3v) is 5.47. The lowest BCUT2D eigenvalue weighted by Crippen LogP contribution is -2.24. The van der Waals surface area contributed by atoms with Gasteiger partial charge >= 0.3 is 0 Å². The Kier molecular flexibility index (Phi) is 5.33. The third kappa shape index (κ3) is 4.52. The van der Waals surface area contributed by atoms with Crippen molar-refractivity contribution in [3.63, 3.8) is 0 Å². The topological polar surface area (TPSA) is 149 Å². The number of fused-ring (bicyclic) bond motifs is 1. The van der Waals surface area contributed by atoms with Gasteiger partial charge in [0.25, 0.3) is 5.95 Å². The minimum absolute atomic E-state index is 0.170. The van der Waals surface area contributed by atoms with Crippen LogP contribution in [-0.4, -0.2) is 54.0 Å². The second kappa shape index (κ2) is 8.47. The van der Waals surface area contributed by atoms with Gasteiger partial charge in [0, 0.05) is 31.5 Å². The van der Waals surface area contributed by atoms with E-state index in [1.54, 1.807) is 15.6 Å². The molecular formula is C20H21N11O2S. The normalized spacial score (nSPS) is 11.6. The van der Waals surface area contributed by atoms with Crippen LogP contribution in [0.2, 0.25) is 0 Å². The van der Waals surface area contributed by atoms with Gasteiger partial charge in [-0.05, 0) is 23.3 Å². The van der Waals surface area contributed by atoms with Gasteiger partial charge in [-0.2, -0.15) is 9.77 Å². The molecule has 0 fully saturated rings. The van der Waals surface area contributed by atoms with E-state index < -0.39 is 10.0 Å². The number of nitrogens with one attached hydrogen (secondary N) is 3. The van der Waals surface area contributed by atoms with Crippen LogP contribution in [-0.2, 0) is 23.6 Å². The minimum atomic E-state index is -3.51. The van der Waals surface area contributed by atoms with E-state index in [0.29, 0.717) is 18.0 Å². The molecule has 4 heterocycles. The lowest BCUT2D eigenvalue weighted by Gasteiger charge is -2.11. The molecule has 14 heteroatoms. The van der Waals surface area contributed by atoms with Crippen LogP contribution in [0.5, 0.6) is 0 Å². The van der Waals surface area contributed by atoms with Gasteiger partial charge in [0.15, 0.2) is 5.65 Å². The Hall–Kier alpha value is -4.46. The molecular weight excluding hydrogens is 458 g/mol. The standard InChI is InChI=1S/C20H21N11O2S/c1-29-11-16(10-25-29)15-5-3-4-14(8-15)9-21-18-17-6-7-30(19(17)23-12-22-18)27-20-26-24-13-31(20)28-34(2,32)33/h3-8,10-13,28H,9H2,1-2H3,(H,26,27)(H,21,22,23). The van der Waals surface area contributed by atoms with Crippen LogP contribution in [0.1, 0.15) is 5.56 Å². The summed E-state index contributed by atoms with van der Waals surface area (Å²) >= 11 is 0. The summed E-state index contributed by atoms with van der Waals surface area (Å²) in [6, 6.07) is 10.1. The van der Waals surface area contributed by atoms with Crippen LogP contribution < -0.4 is 15.6 Å². The zero-order chi connectivity index (χ0) is 23.7. The minimum Gasteiger partial charge on any atom is -0.365 e. The Labute approximate surface area is 194 Å². The number of anilines is 2. The Morgan fingerprint density at radius 2 is 1.97 bits per heavy atom. The lowest BCUT2D eigenvalue weighted by molar-refractivity contribution is 0.601. The number of hydrogen-bond acceptors (Lipinski definition) is 9. The number of sulfonamides is 1. The highest BCUT2D eigenvalue weighted by Crippen LogP contribution is 2.23. The second-order valence-corrected chi connectivity index (χ2v) is 9.33. The molecule has 4 aromatic heterocycles. The van der Waals surface area contributed by atoms with E-state index in [2.05, 4.69) is 46.9 Å². The predicted octanol–water partition coefficient (Wildman–Crippen LogP) is 1.41. The molecule has 0 bridgehead atoms. The molecule has 1 aromatic carbocycles. The smallest absolute Gasteiger partial charge is 0.263 e. The fraction of sp³-hybridized carbons (Fsp3) is 0.150. The molecule has 34 heavy (non-hydrogen) atoms. The van der Waals surface area contributed by atoms with Crippen LogP contribution >= 0.6 is 0 Å². The molecule has 0 radical (unpaired) electrons. The summed E-state index contributed by atoms with van der Waals surface area (Å²) in [7, 11) is -1.62. The number of hydrogen-bond donors (Lipinski definition) is 3. The molecule has 0 atom stereocenters. The summed E-state index contributed by atoms with van der Waals surface area (Å²) in [4.78, 5) is 11.0. The summed E-state index contributed by atoms with van der Waals surface area (Å²) in [6.07, 6.45) is 9.29. The average molecular weight is 480 g/mol. The molecule has 0 spiro atoms. The van der Waals surface area contributed by atoms with Crippen molar-refractivity contribution in [1.82, 2.24) is 39.3 Å². The molecule has 0 saturated carbocycles. The molecule has 0 aliphatic heterocycles. The van der Waals surface area contributed by atoms with E-state index in [0.717, 1.165) is 33.0 Å². The zero-order valence-corrected chi connectivity index (χ0v) is 19.1. The molecule has 5 aromatic rings. The maximum atomic E-state index is 11.5. The number of nitrogens with zero attached hydrogens (tertiary/aromatic N) is 8. The monoisotopic (exact) mass is 479 g/mol. The van der Waals surface area contributed by atoms with Crippen LogP contribution in [0.3, 0.4) is 0 Å². The highest BCUT2D eigenvalue weighted by atomic mass is 32.2. The lowest BCUT2D eigenvalue weighted by atomic mass is 10.1. The number of benzene rings is 1. The summed E-state index contributed by atoms with van der Waals surface area (Å²) in [6.45, 7) is 0.561. The Balaban J connectivity index is 1.35. The summed E-state index contributed by atoms with van der Waals surface area (Å²) < 4.78 is 27.6. The first-order chi connectivity index (χ1) is 16.4. The van der Waals surface area contributed by atoms with Gasteiger partial charge in [0.1, 0.15) is 18.5 Å². The van der Waals surface area contributed by atoms with Crippen molar-refractivity contribution in [1.29, 1.82) is 0 Å². The SMILES string of the molecule is Cn1cc(-c2cccc(CNc3ncnc4c3ccn4Nc3nncn3NS(C)(=O)=O)c2)cn1. The maximum Gasteiger partial charge on any atom is 0.263 e. The highest BCUT2D eigenvalue weighted by Gasteiger charge is 2.13. The quantitative estimate of drug-likeness (QED) is 0.300. The second-order valence-electron chi connectivity index (χ2n) is 7.60. The van der Waals surface area contributed by atoms with Crippen LogP contribution in [0.15, 0.2) is 61.6 Å². The van der Waals surface area contributed by atoms with Crippen molar-refractivity contribution in [3.05, 3.63) is 67.1 Å². The van der Waals surface area contributed by atoms with E-state index in [1.807, 2.05) is 43.7 Å². The van der Waals surface area contributed by atoms with E-state index in [1.165, 1.54) is 12.7 Å². The van der Waals surface area contributed by atoms with Gasteiger partial charge in [-0.1, -0.05) is 18.2 Å². The van der Waals surface area contributed by atoms with E-state index in [9.17, 15) is 8.42 Å². The fourth-order valence-corrected chi connectivity index (χ4v) is 3.95. The van der Waals surface area contributed by atoms with E-state index in [-0.39, 0.29) is 5.95 Å². The van der Waals surface area contributed by atoms with Crippen LogP contribution in [0.25, 0.3) is 22.2 Å². The van der Waals surface area contributed by atoms with Crippen LogP contribution in [0, 0.1) is 0 Å². The molecule has 174 valence electrons. The van der Waals surface area contributed by atoms with E-state index in [4.69, 9.17) is 0 Å². The summed E-state index contributed by atoms with van der Waals surface area (Å²) in [5, 5.41) is 16.0. The number of aryl methyl sites for hydroxylation is 1. The highest BCUT2D eigenvalue weighted by molar-refractivity contribution is 7.91. The molecule has 0 aliphatic carbocycles. The molecule has 0 saturated heterocycles. The first-order valence-electron chi connectivity index (χ1n) is 10.1. The van der Waals surface area contributed by atoms with Crippen LogP contribution in [0.4, 0.5) is 11.8 Å². The molecule has 0 aliphatic rings. The maximum absolute atomic E-state index is 11.5. The van der Waals surface area contributed by atoms with Gasteiger partial charge in [-0.15, -0.1) is 10.2 Å². The van der Waals surface area contributed by atoms with Gasteiger partial charge in [0.2, 0.25) is 10.0 Å². The summed E-state index contributed by atoms with van der Waals surface area (Å²) in [5.41, 5.74) is 6.78. The van der Waals surface area contributed by atoms with Gasteiger partial charge in [-0.25, -0.2) is 27.9 Å². The fourth-order valence-electron chi connectivity index (χ4n) is 3.46. The Morgan fingerprint density at radius 3 is 2.76 bits per heavy atom. The van der Waals surface area contributed by atoms with Crippen molar-refractivity contribution in [2.75, 3.05) is 21.8 Å². The average Bonchev–Trinajstić information content (AvgIpc) is 3.53. The first kappa shape index (κ1) is 21.4. The van der Waals surface area contributed by atoms with E-state index >= 15 is 0 Å². The Bertz CT molecular complexity index is 1570. The zero-order valence-electron chi connectivity index (χ0n) is 18.3. The van der Waals surface area contributed by atoms with Crippen molar-refractivity contribution in [2.45, 2.75) is 6.54 Å².